The normalized spacial score (nSPS) is 10.8. The summed E-state index contributed by atoms with van der Waals surface area (Å²) in [6.45, 7) is 5.42. The van der Waals surface area contributed by atoms with Gasteiger partial charge in [-0.1, -0.05) is 56.3 Å². The van der Waals surface area contributed by atoms with Gasteiger partial charge in [0.1, 0.15) is 0 Å². The lowest BCUT2D eigenvalue weighted by Gasteiger charge is -2.13. The first kappa shape index (κ1) is 18.2. The first-order valence-electron chi connectivity index (χ1n) is 9.49. The van der Waals surface area contributed by atoms with Crippen molar-refractivity contribution in [1.29, 1.82) is 0 Å². The minimum Gasteiger partial charge on any atom is -0.378 e. The largest absolute Gasteiger partial charge is 0.378 e. The predicted octanol–water partition coefficient (Wildman–Crippen LogP) is 4.88. The number of benzene rings is 2. The summed E-state index contributed by atoms with van der Waals surface area (Å²) in [6.07, 6.45) is 2.06. The zero-order valence-corrected chi connectivity index (χ0v) is 16.4. The molecule has 0 saturated heterocycles. The summed E-state index contributed by atoms with van der Waals surface area (Å²) < 4.78 is 2.48. The Morgan fingerprint density at radius 3 is 1.81 bits per heavy atom. The van der Waals surface area contributed by atoms with Crippen LogP contribution in [-0.4, -0.2) is 14.1 Å². The van der Waals surface area contributed by atoms with E-state index in [4.69, 9.17) is 0 Å². The van der Waals surface area contributed by atoms with Gasteiger partial charge in [0.2, 0.25) is 0 Å². The molecule has 0 spiro atoms. The molecule has 0 saturated carbocycles. The number of anilines is 1. The van der Waals surface area contributed by atoms with Crippen molar-refractivity contribution < 1.29 is 4.57 Å². The topological polar surface area (TPSA) is 7.12 Å². The third-order valence-electron chi connectivity index (χ3n) is 4.96. The average Bonchev–Trinajstić information content (AvgIpc) is 2.69. The summed E-state index contributed by atoms with van der Waals surface area (Å²) in [5, 5.41) is 0. The van der Waals surface area contributed by atoms with E-state index in [-0.39, 0.29) is 0 Å². The van der Waals surface area contributed by atoms with Crippen LogP contribution in [0.1, 0.15) is 30.8 Å². The van der Waals surface area contributed by atoms with E-state index in [0.717, 1.165) is 19.4 Å². The summed E-state index contributed by atoms with van der Waals surface area (Å²) in [4.78, 5) is 2.14. The SMILES string of the molecule is CCc1cc(-c2ccccc2)cc(CC)[n+]1Cc1ccc(N(C)C)cc1. The molecular formula is C24H29N2+. The highest BCUT2D eigenvalue weighted by Crippen LogP contribution is 2.21. The van der Waals surface area contributed by atoms with Gasteiger partial charge in [-0.2, -0.15) is 4.57 Å². The fourth-order valence-corrected chi connectivity index (χ4v) is 3.41. The van der Waals surface area contributed by atoms with Crippen molar-refractivity contribution in [2.75, 3.05) is 19.0 Å². The number of hydrogen-bond acceptors (Lipinski definition) is 1. The number of pyridine rings is 1. The maximum Gasteiger partial charge on any atom is 0.182 e. The van der Waals surface area contributed by atoms with E-state index in [1.165, 1.54) is 33.8 Å². The molecule has 0 N–H and O–H groups in total. The van der Waals surface area contributed by atoms with Crippen LogP contribution in [0.4, 0.5) is 5.69 Å². The highest BCUT2D eigenvalue weighted by Gasteiger charge is 2.18. The van der Waals surface area contributed by atoms with Gasteiger partial charge in [-0.05, 0) is 23.3 Å². The van der Waals surface area contributed by atoms with Crippen molar-refractivity contribution >= 4 is 5.69 Å². The standard InChI is InChI=1S/C24H29N2/c1-5-22-16-21(20-10-8-7-9-11-20)17-23(6-2)26(22)18-19-12-14-24(15-13-19)25(3)4/h7-17H,5-6,18H2,1-4H3/q+1. The van der Waals surface area contributed by atoms with E-state index >= 15 is 0 Å². The molecule has 1 heterocycles. The first-order valence-corrected chi connectivity index (χ1v) is 9.49. The Balaban J connectivity index is 1.98. The highest BCUT2D eigenvalue weighted by atomic mass is 15.1. The van der Waals surface area contributed by atoms with Gasteiger partial charge in [0.25, 0.3) is 0 Å². The molecule has 0 amide bonds. The number of rotatable bonds is 6. The second-order valence-electron chi connectivity index (χ2n) is 6.95. The van der Waals surface area contributed by atoms with Gasteiger partial charge in [0, 0.05) is 50.3 Å². The van der Waals surface area contributed by atoms with E-state index < -0.39 is 0 Å². The van der Waals surface area contributed by atoms with E-state index in [0.29, 0.717) is 0 Å². The molecule has 3 rings (SSSR count). The number of nitrogens with zero attached hydrogens (tertiary/aromatic N) is 2. The molecule has 0 fully saturated rings. The van der Waals surface area contributed by atoms with Crippen molar-refractivity contribution in [2.45, 2.75) is 33.2 Å². The Morgan fingerprint density at radius 2 is 1.31 bits per heavy atom. The van der Waals surface area contributed by atoms with Gasteiger partial charge in [0.15, 0.2) is 17.9 Å². The summed E-state index contributed by atoms with van der Waals surface area (Å²) in [5.41, 5.74) is 7.97. The molecule has 0 bridgehead atoms. The van der Waals surface area contributed by atoms with Crippen LogP contribution in [0, 0.1) is 0 Å². The van der Waals surface area contributed by atoms with Gasteiger partial charge < -0.3 is 4.90 Å². The molecular weight excluding hydrogens is 316 g/mol. The van der Waals surface area contributed by atoms with Crippen LogP contribution in [0.3, 0.4) is 0 Å². The molecule has 0 atom stereocenters. The molecule has 1 aromatic heterocycles. The Bertz CT molecular complexity index is 824. The third-order valence-corrected chi connectivity index (χ3v) is 4.96. The van der Waals surface area contributed by atoms with Gasteiger partial charge in [0.05, 0.1) is 0 Å². The summed E-state index contributed by atoms with van der Waals surface area (Å²) in [7, 11) is 4.16. The molecule has 2 aromatic carbocycles. The second kappa shape index (κ2) is 8.18. The Kier molecular flexibility index (Phi) is 5.72. The minimum absolute atomic E-state index is 0.926. The van der Waals surface area contributed by atoms with E-state index in [9.17, 15) is 0 Å². The van der Waals surface area contributed by atoms with Crippen LogP contribution in [0.25, 0.3) is 11.1 Å². The van der Waals surface area contributed by atoms with Crippen LogP contribution in [-0.2, 0) is 19.4 Å². The molecule has 0 aliphatic carbocycles. The van der Waals surface area contributed by atoms with Crippen LogP contribution in [0.2, 0.25) is 0 Å². The fraction of sp³-hybridized carbons (Fsp3) is 0.292. The molecule has 2 heteroatoms. The van der Waals surface area contributed by atoms with Crippen LogP contribution >= 0.6 is 0 Å². The van der Waals surface area contributed by atoms with Crippen LogP contribution < -0.4 is 9.47 Å². The number of aromatic nitrogens is 1. The monoisotopic (exact) mass is 345 g/mol. The van der Waals surface area contributed by atoms with Crippen molar-refractivity contribution in [3.05, 3.63) is 83.7 Å². The molecule has 0 aliphatic rings. The van der Waals surface area contributed by atoms with E-state index in [2.05, 4.69) is 104 Å². The molecule has 134 valence electrons. The maximum atomic E-state index is 2.48. The molecule has 26 heavy (non-hydrogen) atoms. The van der Waals surface area contributed by atoms with Gasteiger partial charge in [-0.15, -0.1) is 0 Å². The summed E-state index contributed by atoms with van der Waals surface area (Å²) >= 11 is 0. The quantitative estimate of drug-likeness (QED) is 0.578. The number of aryl methyl sites for hydroxylation is 2. The van der Waals surface area contributed by atoms with Crippen molar-refractivity contribution in [1.82, 2.24) is 0 Å². The molecule has 0 unspecified atom stereocenters. The lowest BCUT2D eigenvalue weighted by atomic mass is 10.0. The molecule has 2 nitrogen and oxygen atoms in total. The minimum atomic E-state index is 0.926. The Morgan fingerprint density at radius 1 is 0.731 bits per heavy atom. The molecule has 3 aromatic rings. The predicted molar refractivity (Wildman–Crippen MR) is 111 cm³/mol. The van der Waals surface area contributed by atoms with Gasteiger partial charge in [-0.3, -0.25) is 0 Å². The van der Waals surface area contributed by atoms with Crippen molar-refractivity contribution in [3.8, 4) is 11.1 Å². The lowest BCUT2D eigenvalue weighted by molar-refractivity contribution is -0.702. The second-order valence-corrected chi connectivity index (χ2v) is 6.95. The Hall–Kier alpha value is -2.61. The van der Waals surface area contributed by atoms with E-state index in [1.807, 2.05) is 0 Å². The Labute approximate surface area is 157 Å². The molecule has 0 aliphatic heterocycles. The smallest absolute Gasteiger partial charge is 0.182 e. The lowest BCUT2D eigenvalue weighted by Crippen LogP contribution is -2.43. The fourth-order valence-electron chi connectivity index (χ4n) is 3.41. The van der Waals surface area contributed by atoms with Crippen molar-refractivity contribution in [3.63, 3.8) is 0 Å². The zero-order chi connectivity index (χ0) is 18.5. The molecule has 0 radical (unpaired) electrons. The number of hydrogen-bond donors (Lipinski definition) is 0. The van der Waals surface area contributed by atoms with Crippen LogP contribution in [0.15, 0.2) is 66.7 Å². The van der Waals surface area contributed by atoms with Crippen LogP contribution in [0.5, 0.6) is 0 Å². The average molecular weight is 346 g/mol. The first-order chi connectivity index (χ1) is 12.6. The van der Waals surface area contributed by atoms with Gasteiger partial charge >= 0.3 is 0 Å². The van der Waals surface area contributed by atoms with Gasteiger partial charge in [-0.25, -0.2) is 0 Å². The third kappa shape index (κ3) is 3.96. The summed E-state index contributed by atoms with van der Waals surface area (Å²) in [5.74, 6) is 0. The zero-order valence-electron chi connectivity index (χ0n) is 16.4. The van der Waals surface area contributed by atoms with E-state index in [1.54, 1.807) is 0 Å². The summed E-state index contributed by atoms with van der Waals surface area (Å²) in [6, 6.07) is 24.3. The highest BCUT2D eigenvalue weighted by molar-refractivity contribution is 5.63. The van der Waals surface area contributed by atoms with Crippen molar-refractivity contribution in [2.24, 2.45) is 0 Å². The maximum absolute atomic E-state index is 2.48.